The summed E-state index contributed by atoms with van der Waals surface area (Å²) < 4.78 is 18.8. The van der Waals surface area contributed by atoms with E-state index in [1.54, 1.807) is 61.5 Å². The smallest absolute Gasteiger partial charge is 0.346 e. The zero-order valence-corrected chi connectivity index (χ0v) is 23.9. The third-order valence-corrected chi connectivity index (χ3v) is 7.04. The Bertz CT molecular complexity index is 1770. The van der Waals surface area contributed by atoms with E-state index >= 15 is 0 Å². The van der Waals surface area contributed by atoms with Crippen molar-refractivity contribution in [3.8, 4) is 17.3 Å². The zero-order chi connectivity index (χ0) is 27.0. The van der Waals surface area contributed by atoms with Crippen LogP contribution in [0.3, 0.4) is 0 Å². The van der Waals surface area contributed by atoms with Crippen LogP contribution in [-0.4, -0.2) is 35.1 Å². The Balaban J connectivity index is 1.59. The van der Waals surface area contributed by atoms with Crippen LogP contribution in [-0.2, 0) is 9.53 Å². The molecule has 0 fully saturated rings. The molecule has 11 heteroatoms. The van der Waals surface area contributed by atoms with Gasteiger partial charge < -0.3 is 13.9 Å². The normalized spacial score (nSPS) is 12.3. The first-order valence-electron chi connectivity index (χ1n) is 11.2. The van der Waals surface area contributed by atoms with Gasteiger partial charge in [0.25, 0.3) is 5.56 Å². The molecule has 8 nitrogen and oxygen atoms in total. The predicted molar refractivity (Wildman–Crippen MR) is 153 cm³/mol. The highest BCUT2D eigenvalue weighted by Gasteiger charge is 2.19. The molecule has 0 radical (unpaired) electrons. The number of aromatic nitrogens is 2. The molecule has 0 N–H and O–H groups in total. The molecule has 0 aliphatic rings. The van der Waals surface area contributed by atoms with Crippen LogP contribution in [0.2, 0.25) is 5.02 Å². The van der Waals surface area contributed by atoms with Gasteiger partial charge in [-0.25, -0.2) is 9.78 Å². The van der Waals surface area contributed by atoms with Gasteiger partial charge >= 0.3 is 5.97 Å². The topological polar surface area (TPSA) is 95.9 Å². The minimum atomic E-state index is -0.810. The molecule has 1 atom stereocenters. The Morgan fingerprint density at radius 2 is 1.87 bits per heavy atom. The number of ether oxygens (including phenoxy) is 2. The van der Waals surface area contributed by atoms with Crippen LogP contribution >= 0.6 is 43.5 Å². The van der Waals surface area contributed by atoms with Crippen LogP contribution in [0.25, 0.3) is 33.5 Å². The number of furan rings is 1. The number of carbonyl (C=O) groups excluding carboxylic acids is 1. The lowest BCUT2D eigenvalue weighted by Crippen LogP contribution is -2.25. The zero-order valence-electron chi connectivity index (χ0n) is 19.9. The Morgan fingerprint density at radius 1 is 1.13 bits per heavy atom. The van der Waals surface area contributed by atoms with Gasteiger partial charge in [-0.05, 0) is 92.9 Å². The molecule has 38 heavy (non-hydrogen) atoms. The number of esters is 1. The van der Waals surface area contributed by atoms with Gasteiger partial charge in [0, 0.05) is 10.4 Å². The number of hydrogen-bond donors (Lipinski definition) is 0. The van der Waals surface area contributed by atoms with E-state index < -0.39 is 12.1 Å². The van der Waals surface area contributed by atoms with E-state index in [9.17, 15) is 9.59 Å². The molecule has 0 aliphatic carbocycles. The molecule has 2 heterocycles. The van der Waals surface area contributed by atoms with Crippen molar-refractivity contribution in [3.63, 3.8) is 0 Å². The lowest BCUT2D eigenvalue weighted by atomic mass is 10.2. The van der Waals surface area contributed by atoms with Crippen molar-refractivity contribution in [2.75, 3.05) is 7.11 Å². The van der Waals surface area contributed by atoms with Crippen molar-refractivity contribution in [3.05, 3.63) is 90.5 Å². The monoisotopic (exact) mass is 657 g/mol. The van der Waals surface area contributed by atoms with Crippen molar-refractivity contribution < 1.29 is 18.7 Å². The third kappa shape index (κ3) is 5.11. The Labute approximate surface area is 238 Å². The molecule has 0 unspecified atom stereocenters. The fraction of sp³-hybridized carbons (Fsp3) is 0.111. The molecule has 0 saturated heterocycles. The number of benzene rings is 3. The standard InChI is InChI=1S/C27H18Br2ClN3O5/c1-14(27(35)36-2)37-24-19(28)9-15(10-20(24)29)13-31-33-25(32-21-6-4-3-5-18(21)26(33)34)23-12-16-11-17(30)7-8-22(16)38-23/h3-14H,1-2H3/t14-/m1/s1. The van der Waals surface area contributed by atoms with E-state index in [-0.39, 0.29) is 11.4 Å². The van der Waals surface area contributed by atoms with E-state index in [4.69, 9.17) is 25.5 Å². The minimum absolute atomic E-state index is 0.238. The van der Waals surface area contributed by atoms with E-state index in [2.05, 4.69) is 41.9 Å². The van der Waals surface area contributed by atoms with E-state index in [0.717, 1.165) is 5.39 Å². The second-order valence-corrected chi connectivity index (χ2v) is 10.3. The van der Waals surface area contributed by atoms with Crippen LogP contribution in [0.15, 0.2) is 83.9 Å². The summed E-state index contributed by atoms with van der Waals surface area (Å²) in [6, 6.07) is 17.6. The molecule has 0 aliphatic heterocycles. The summed E-state index contributed by atoms with van der Waals surface area (Å²) in [5.41, 5.74) is 1.41. The summed E-state index contributed by atoms with van der Waals surface area (Å²) in [7, 11) is 1.30. The van der Waals surface area contributed by atoms with E-state index in [1.165, 1.54) is 18.0 Å². The van der Waals surface area contributed by atoms with Crippen molar-refractivity contribution >= 4 is 77.5 Å². The summed E-state index contributed by atoms with van der Waals surface area (Å²) >= 11 is 13.1. The van der Waals surface area contributed by atoms with Crippen molar-refractivity contribution in [1.29, 1.82) is 0 Å². The summed E-state index contributed by atoms with van der Waals surface area (Å²) in [6.45, 7) is 1.59. The van der Waals surface area contributed by atoms with Gasteiger partial charge in [0.1, 0.15) is 11.3 Å². The highest BCUT2D eigenvalue weighted by Crippen LogP contribution is 2.35. The fourth-order valence-electron chi connectivity index (χ4n) is 3.80. The summed E-state index contributed by atoms with van der Waals surface area (Å²) in [4.78, 5) is 29.9. The number of nitrogens with zero attached hydrogens (tertiary/aromatic N) is 3. The molecule has 2 aromatic heterocycles. The van der Waals surface area contributed by atoms with Gasteiger partial charge in [-0.2, -0.15) is 9.78 Å². The quantitative estimate of drug-likeness (QED) is 0.147. The SMILES string of the molecule is COC(=O)[C@@H](C)Oc1c(Br)cc(C=Nn2c(-c3cc4cc(Cl)ccc4o3)nc3ccccc3c2=O)cc1Br. The number of para-hydroxylation sites is 1. The van der Waals surface area contributed by atoms with E-state index in [0.29, 0.717) is 47.5 Å². The van der Waals surface area contributed by atoms with Gasteiger partial charge in [-0.3, -0.25) is 4.79 Å². The molecule has 0 saturated carbocycles. The maximum atomic E-state index is 13.5. The number of fused-ring (bicyclic) bond motifs is 2. The van der Waals surface area contributed by atoms with Crippen LogP contribution in [0.5, 0.6) is 5.75 Å². The number of rotatable bonds is 6. The molecular weight excluding hydrogens is 642 g/mol. The van der Waals surface area contributed by atoms with E-state index in [1.807, 2.05) is 6.07 Å². The third-order valence-electron chi connectivity index (χ3n) is 5.62. The van der Waals surface area contributed by atoms with Crippen LogP contribution in [0.4, 0.5) is 0 Å². The van der Waals surface area contributed by atoms with Gasteiger partial charge in [-0.1, -0.05) is 23.7 Å². The van der Waals surface area contributed by atoms with Gasteiger partial charge in [0.2, 0.25) is 5.82 Å². The molecule has 5 aromatic rings. The molecule has 3 aromatic carbocycles. The maximum Gasteiger partial charge on any atom is 0.346 e. The van der Waals surface area contributed by atoms with Gasteiger partial charge in [0.05, 0.1) is 33.2 Å². The molecular formula is C27H18Br2ClN3O5. The first kappa shape index (κ1) is 26.1. The van der Waals surface area contributed by atoms with Gasteiger partial charge in [-0.15, -0.1) is 0 Å². The molecule has 0 spiro atoms. The molecule has 192 valence electrons. The fourth-order valence-corrected chi connectivity index (χ4v) is 5.39. The van der Waals surface area contributed by atoms with Crippen LogP contribution in [0.1, 0.15) is 12.5 Å². The average molecular weight is 660 g/mol. The molecule has 0 bridgehead atoms. The highest BCUT2D eigenvalue weighted by atomic mass is 79.9. The van der Waals surface area contributed by atoms with Crippen molar-refractivity contribution in [2.24, 2.45) is 5.10 Å². The number of halogens is 3. The predicted octanol–water partition coefficient (Wildman–Crippen LogP) is 6.81. The highest BCUT2D eigenvalue weighted by molar-refractivity contribution is 9.11. The number of methoxy groups -OCH3 is 1. The summed E-state index contributed by atoms with van der Waals surface area (Å²) in [5, 5.41) is 6.23. The Kier molecular flexibility index (Phi) is 7.38. The lowest BCUT2D eigenvalue weighted by Gasteiger charge is -2.15. The molecule has 5 rings (SSSR count). The molecule has 0 amide bonds. The lowest BCUT2D eigenvalue weighted by molar-refractivity contribution is -0.147. The maximum absolute atomic E-state index is 13.5. The Hall–Kier alpha value is -3.47. The van der Waals surface area contributed by atoms with Gasteiger partial charge in [0.15, 0.2) is 11.9 Å². The number of carbonyl (C=O) groups is 1. The van der Waals surface area contributed by atoms with Crippen LogP contribution in [0, 0.1) is 0 Å². The first-order valence-corrected chi connectivity index (χ1v) is 13.2. The average Bonchev–Trinajstić information content (AvgIpc) is 3.32. The Morgan fingerprint density at radius 3 is 2.61 bits per heavy atom. The summed E-state index contributed by atoms with van der Waals surface area (Å²) in [5.74, 6) is 0.525. The number of hydrogen-bond acceptors (Lipinski definition) is 7. The van der Waals surface area contributed by atoms with Crippen molar-refractivity contribution in [2.45, 2.75) is 13.0 Å². The first-order chi connectivity index (χ1) is 18.2. The second kappa shape index (κ2) is 10.7. The second-order valence-electron chi connectivity index (χ2n) is 8.20. The van der Waals surface area contributed by atoms with Crippen molar-refractivity contribution in [1.82, 2.24) is 9.66 Å². The minimum Gasteiger partial charge on any atom is -0.477 e. The largest absolute Gasteiger partial charge is 0.477 e. The van der Waals surface area contributed by atoms with Crippen LogP contribution < -0.4 is 10.3 Å². The summed E-state index contributed by atoms with van der Waals surface area (Å²) in [6.07, 6.45) is 0.708.